The average molecular weight is 139 g/mol. The first-order chi connectivity index (χ1) is 4.36. The molecule has 0 fully saturated rings. The Morgan fingerprint density at radius 1 is 1.67 bits per heavy atom. The van der Waals surface area contributed by atoms with Crippen molar-refractivity contribution in [3.8, 4) is 6.07 Å². The van der Waals surface area contributed by atoms with E-state index in [1.54, 1.807) is 12.1 Å². The van der Waals surface area contributed by atoms with Gasteiger partial charge in [-0.2, -0.15) is 5.26 Å². The van der Waals surface area contributed by atoms with Crippen LogP contribution >= 0.6 is 11.8 Å². The molecule has 1 rings (SSSR count). The first-order valence-corrected chi connectivity index (χ1v) is 3.63. The first-order valence-electron chi connectivity index (χ1n) is 2.40. The van der Waals surface area contributed by atoms with Gasteiger partial charge >= 0.3 is 0 Å². The lowest BCUT2D eigenvalue weighted by molar-refractivity contribution is 0.464. The highest BCUT2D eigenvalue weighted by atomic mass is 32.2. The van der Waals surface area contributed by atoms with Gasteiger partial charge in [-0.15, -0.1) is 0 Å². The zero-order valence-corrected chi connectivity index (χ0v) is 5.73. The molecular formula is C6H5NOS. The van der Waals surface area contributed by atoms with Gasteiger partial charge in [0.25, 0.3) is 0 Å². The van der Waals surface area contributed by atoms with E-state index in [0.717, 1.165) is 5.09 Å². The average Bonchev–Trinajstić information content (AvgIpc) is 2.34. The number of hydrogen-bond acceptors (Lipinski definition) is 3. The van der Waals surface area contributed by atoms with Gasteiger partial charge in [-0.05, 0) is 18.4 Å². The minimum atomic E-state index is 0.374. The summed E-state index contributed by atoms with van der Waals surface area (Å²) in [6.07, 6.45) is 1.90. The number of rotatable bonds is 1. The molecule has 0 saturated carbocycles. The van der Waals surface area contributed by atoms with Gasteiger partial charge in [0.2, 0.25) is 5.76 Å². The molecule has 2 nitrogen and oxygen atoms in total. The van der Waals surface area contributed by atoms with Crippen molar-refractivity contribution in [2.75, 3.05) is 6.26 Å². The summed E-state index contributed by atoms with van der Waals surface area (Å²) in [5.74, 6) is 0.374. The second kappa shape index (κ2) is 2.60. The molecule has 1 heterocycles. The molecule has 0 unspecified atom stereocenters. The second-order valence-electron chi connectivity index (χ2n) is 1.43. The van der Waals surface area contributed by atoms with E-state index in [4.69, 9.17) is 9.68 Å². The van der Waals surface area contributed by atoms with Gasteiger partial charge in [0.15, 0.2) is 5.09 Å². The number of thioether (sulfide) groups is 1. The number of hydrogen-bond donors (Lipinski definition) is 0. The van der Waals surface area contributed by atoms with Gasteiger partial charge in [-0.1, -0.05) is 11.8 Å². The normalized spacial score (nSPS) is 8.89. The van der Waals surface area contributed by atoms with Crippen LogP contribution in [-0.2, 0) is 0 Å². The van der Waals surface area contributed by atoms with E-state index in [1.807, 2.05) is 12.3 Å². The van der Waals surface area contributed by atoms with E-state index in [9.17, 15) is 0 Å². The van der Waals surface area contributed by atoms with Crippen LogP contribution in [0.3, 0.4) is 0 Å². The van der Waals surface area contributed by atoms with Crippen LogP contribution in [0.15, 0.2) is 21.6 Å². The molecule has 0 aromatic carbocycles. The van der Waals surface area contributed by atoms with Crippen LogP contribution in [-0.4, -0.2) is 6.26 Å². The third-order valence-corrected chi connectivity index (χ3v) is 1.51. The zero-order chi connectivity index (χ0) is 6.69. The van der Waals surface area contributed by atoms with Gasteiger partial charge in [0.05, 0.1) is 0 Å². The van der Waals surface area contributed by atoms with Gasteiger partial charge in [-0.3, -0.25) is 0 Å². The maximum Gasteiger partial charge on any atom is 0.204 e. The molecule has 46 valence electrons. The minimum Gasteiger partial charge on any atom is -0.439 e. The van der Waals surface area contributed by atoms with Crippen LogP contribution in [0.2, 0.25) is 0 Å². The van der Waals surface area contributed by atoms with Crippen molar-refractivity contribution in [2.45, 2.75) is 5.09 Å². The smallest absolute Gasteiger partial charge is 0.204 e. The molecule has 0 bridgehead atoms. The van der Waals surface area contributed by atoms with Crippen LogP contribution in [0.5, 0.6) is 0 Å². The molecule has 0 atom stereocenters. The van der Waals surface area contributed by atoms with Crippen molar-refractivity contribution in [3.63, 3.8) is 0 Å². The minimum absolute atomic E-state index is 0.374. The molecular weight excluding hydrogens is 134 g/mol. The van der Waals surface area contributed by atoms with E-state index in [-0.39, 0.29) is 0 Å². The van der Waals surface area contributed by atoms with Crippen LogP contribution in [0.25, 0.3) is 0 Å². The largest absolute Gasteiger partial charge is 0.439 e. The molecule has 0 amide bonds. The molecule has 0 radical (unpaired) electrons. The molecule has 9 heavy (non-hydrogen) atoms. The lowest BCUT2D eigenvalue weighted by Gasteiger charge is -1.81. The maximum absolute atomic E-state index is 8.29. The predicted molar refractivity (Wildman–Crippen MR) is 35.2 cm³/mol. The fourth-order valence-corrected chi connectivity index (χ4v) is 0.867. The quantitative estimate of drug-likeness (QED) is 0.557. The van der Waals surface area contributed by atoms with Crippen LogP contribution < -0.4 is 0 Å². The van der Waals surface area contributed by atoms with E-state index >= 15 is 0 Å². The maximum atomic E-state index is 8.29. The molecule has 0 aliphatic rings. The lowest BCUT2D eigenvalue weighted by Crippen LogP contribution is -1.58. The van der Waals surface area contributed by atoms with Gasteiger partial charge < -0.3 is 4.42 Å². The summed E-state index contributed by atoms with van der Waals surface area (Å²) in [7, 11) is 0. The van der Waals surface area contributed by atoms with Crippen molar-refractivity contribution >= 4 is 11.8 Å². The summed E-state index contributed by atoms with van der Waals surface area (Å²) in [5, 5.41) is 9.08. The van der Waals surface area contributed by atoms with Crippen molar-refractivity contribution in [2.24, 2.45) is 0 Å². The molecule has 1 aromatic rings. The molecule has 0 aliphatic carbocycles. The Bertz CT molecular complexity index is 235. The van der Waals surface area contributed by atoms with Crippen molar-refractivity contribution in [1.82, 2.24) is 0 Å². The summed E-state index contributed by atoms with van der Waals surface area (Å²) >= 11 is 1.49. The first kappa shape index (κ1) is 6.24. The fourth-order valence-electron chi connectivity index (χ4n) is 0.490. The standard InChI is InChI=1S/C6H5NOS/c1-9-6-3-2-5(4-7)8-6/h2-3H,1H3. The highest BCUT2D eigenvalue weighted by Gasteiger charge is 1.96. The van der Waals surface area contributed by atoms with Crippen LogP contribution in [0, 0.1) is 11.3 Å². The molecule has 0 N–H and O–H groups in total. The SMILES string of the molecule is CSc1ccc(C#N)o1. The molecule has 3 heteroatoms. The van der Waals surface area contributed by atoms with E-state index in [2.05, 4.69) is 0 Å². The van der Waals surface area contributed by atoms with Gasteiger partial charge in [0.1, 0.15) is 6.07 Å². The topological polar surface area (TPSA) is 36.9 Å². The molecule has 0 aliphatic heterocycles. The Kier molecular flexibility index (Phi) is 1.81. The summed E-state index contributed by atoms with van der Waals surface area (Å²) in [4.78, 5) is 0. The van der Waals surface area contributed by atoms with Gasteiger partial charge in [0, 0.05) is 0 Å². The second-order valence-corrected chi connectivity index (χ2v) is 2.25. The Labute approximate surface area is 57.5 Å². The highest BCUT2D eigenvalue weighted by Crippen LogP contribution is 2.16. The fraction of sp³-hybridized carbons (Fsp3) is 0.167. The van der Waals surface area contributed by atoms with E-state index in [1.165, 1.54) is 11.8 Å². The Morgan fingerprint density at radius 3 is 2.78 bits per heavy atom. The number of nitriles is 1. The summed E-state index contributed by atoms with van der Waals surface area (Å²) in [6, 6.07) is 5.34. The van der Waals surface area contributed by atoms with Crippen molar-refractivity contribution in [3.05, 3.63) is 17.9 Å². The number of furan rings is 1. The third kappa shape index (κ3) is 1.27. The summed E-state index contributed by atoms with van der Waals surface area (Å²) in [5.41, 5.74) is 0. The summed E-state index contributed by atoms with van der Waals surface area (Å²) < 4.78 is 4.98. The van der Waals surface area contributed by atoms with Crippen molar-refractivity contribution < 1.29 is 4.42 Å². The monoisotopic (exact) mass is 139 g/mol. The van der Waals surface area contributed by atoms with E-state index < -0.39 is 0 Å². The molecule has 0 saturated heterocycles. The Hall–Kier alpha value is -0.880. The van der Waals surface area contributed by atoms with Crippen molar-refractivity contribution in [1.29, 1.82) is 5.26 Å². The predicted octanol–water partition coefficient (Wildman–Crippen LogP) is 1.87. The lowest BCUT2D eigenvalue weighted by atomic mass is 10.5. The zero-order valence-electron chi connectivity index (χ0n) is 4.92. The molecule has 1 aromatic heterocycles. The van der Waals surface area contributed by atoms with Gasteiger partial charge in [-0.25, -0.2) is 0 Å². The van der Waals surface area contributed by atoms with E-state index in [0.29, 0.717) is 5.76 Å². The van der Waals surface area contributed by atoms with Crippen LogP contribution in [0.1, 0.15) is 5.76 Å². The Balaban J connectivity index is 2.90. The summed E-state index contributed by atoms with van der Waals surface area (Å²) in [6.45, 7) is 0. The third-order valence-electron chi connectivity index (χ3n) is 0.893. The number of nitrogens with zero attached hydrogens (tertiary/aromatic N) is 1. The molecule has 0 spiro atoms. The van der Waals surface area contributed by atoms with Crippen LogP contribution in [0.4, 0.5) is 0 Å². The Morgan fingerprint density at radius 2 is 2.44 bits per heavy atom. The highest BCUT2D eigenvalue weighted by molar-refractivity contribution is 7.98.